The van der Waals surface area contributed by atoms with E-state index in [1.54, 1.807) is 0 Å². The number of benzene rings is 2. The highest BCUT2D eigenvalue weighted by atomic mass is 79.9. The summed E-state index contributed by atoms with van der Waals surface area (Å²) in [7, 11) is 0. The Morgan fingerprint density at radius 1 is 1.15 bits per heavy atom. The van der Waals surface area contributed by atoms with Gasteiger partial charge in [-0.15, -0.1) is 0 Å². The second-order valence-electron chi connectivity index (χ2n) is 4.95. The molecule has 0 spiro atoms. The molecule has 0 fully saturated rings. The molecule has 2 rings (SSSR count). The molecular weight excluding hydrogens is 338 g/mol. The normalized spacial score (nSPS) is 12.3. The molecule has 106 valence electrons. The Balaban J connectivity index is 2.36. The van der Waals surface area contributed by atoms with Crippen molar-refractivity contribution in [3.05, 3.63) is 56.5 Å². The summed E-state index contributed by atoms with van der Waals surface area (Å²) in [6, 6.07) is 9.68. The fourth-order valence-corrected chi connectivity index (χ4v) is 2.86. The number of aryl methyl sites for hydroxylation is 2. The Labute approximate surface area is 133 Å². The van der Waals surface area contributed by atoms with Gasteiger partial charge < -0.3 is 10.5 Å². The maximum atomic E-state index is 6.03. The minimum Gasteiger partial charge on any atom is -0.456 e. The van der Waals surface area contributed by atoms with Gasteiger partial charge >= 0.3 is 0 Å². The molecule has 0 amide bonds. The van der Waals surface area contributed by atoms with Gasteiger partial charge in [-0.25, -0.2) is 0 Å². The molecule has 0 unspecified atom stereocenters. The van der Waals surface area contributed by atoms with Crippen molar-refractivity contribution >= 4 is 27.5 Å². The van der Waals surface area contributed by atoms with Crippen molar-refractivity contribution in [2.24, 2.45) is 5.73 Å². The molecule has 0 aliphatic carbocycles. The summed E-state index contributed by atoms with van der Waals surface area (Å²) in [5.74, 6) is 1.60. The molecule has 0 aliphatic heterocycles. The van der Waals surface area contributed by atoms with E-state index in [4.69, 9.17) is 22.1 Å². The average molecular weight is 355 g/mol. The van der Waals surface area contributed by atoms with E-state index in [0.29, 0.717) is 0 Å². The van der Waals surface area contributed by atoms with Crippen LogP contribution in [-0.2, 0) is 0 Å². The zero-order valence-electron chi connectivity index (χ0n) is 11.7. The molecule has 0 radical (unpaired) electrons. The molecule has 0 saturated heterocycles. The molecule has 20 heavy (non-hydrogen) atoms. The molecule has 1 atom stereocenters. The van der Waals surface area contributed by atoms with E-state index in [-0.39, 0.29) is 6.04 Å². The minimum absolute atomic E-state index is 0.000598. The van der Waals surface area contributed by atoms with Crippen LogP contribution >= 0.6 is 27.5 Å². The minimum atomic E-state index is -0.000598. The third-order valence-corrected chi connectivity index (χ3v) is 3.96. The fraction of sp³-hybridized carbons (Fsp3) is 0.250. The fourth-order valence-electron chi connectivity index (χ4n) is 2.05. The van der Waals surface area contributed by atoms with Crippen molar-refractivity contribution in [3.8, 4) is 11.5 Å². The third-order valence-electron chi connectivity index (χ3n) is 3.12. The summed E-state index contributed by atoms with van der Waals surface area (Å²) in [6.45, 7) is 5.92. The summed E-state index contributed by atoms with van der Waals surface area (Å²) in [5, 5.41) is 0.721. The molecule has 0 heterocycles. The van der Waals surface area contributed by atoms with E-state index in [9.17, 15) is 0 Å². The predicted octanol–water partition coefficient (Wildman–Crippen LogP) is 5.53. The van der Waals surface area contributed by atoms with E-state index in [1.807, 2.05) is 51.1 Å². The van der Waals surface area contributed by atoms with Gasteiger partial charge in [0.15, 0.2) is 0 Å². The Bertz CT molecular complexity index is 617. The van der Waals surface area contributed by atoms with Gasteiger partial charge in [0.05, 0.1) is 4.47 Å². The molecular formula is C16H17BrClNO. The van der Waals surface area contributed by atoms with Crippen molar-refractivity contribution in [3.63, 3.8) is 0 Å². The lowest BCUT2D eigenvalue weighted by Crippen LogP contribution is -2.04. The molecule has 0 aliphatic rings. The van der Waals surface area contributed by atoms with Gasteiger partial charge in [-0.2, -0.15) is 0 Å². The molecule has 4 heteroatoms. The first kappa shape index (κ1) is 15.4. The van der Waals surface area contributed by atoms with Gasteiger partial charge in [-0.3, -0.25) is 0 Å². The number of ether oxygens (including phenoxy) is 1. The Hall–Kier alpha value is -1.03. The lowest BCUT2D eigenvalue weighted by Gasteiger charge is -2.15. The van der Waals surface area contributed by atoms with Crippen LogP contribution in [-0.4, -0.2) is 0 Å². The summed E-state index contributed by atoms with van der Waals surface area (Å²) in [5.41, 5.74) is 8.96. The highest BCUT2D eigenvalue weighted by Gasteiger charge is 2.10. The highest BCUT2D eigenvalue weighted by Crippen LogP contribution is 2.35. The average Bonchev–Trinajstić information content (AvgIpc) is 2.34. The van der Waals surface area contributed by atoms with Crippen LogP contribution in [0.25, 0.3) is 0 Å². The molecule has 2 aromatic carbocycles. The van der Waals surface area contributed by atoms with Crippen molar-refractivity contribution < 1.29 is 4.74 Å². The second-order valence-corrected chi connectivity index (χ2v) is 6.24. The standard InChI is InChI=1S/C16H17BrClNO/c1-9-6-13(18)7-10(2)16(9)20-15-5-4-12(11(3)19)8-14(15)17/h4-8,11H,19H2,1-3H3/t11-/m0/s1. The lowest BCUT2D eigenvalue weighted by atomic mass is 10.1. The SMILES string of the molecule is Cc1cc(Cl)cc(C)c1Oc1ccc([C@H](C)N)cc1Br. The van der Waals surface area contributed by atoms with E-state index in [1.165, 1.54) is 0 Å². The monoisotopic (exact) mass is 353 g/mol. The van der Waals surface area contributed by atoms with Crippen molar-refractivity contribution in [2.45, 2.75) is 26.8 Å². The van der Waals surface area contributed by atoms with E-state index < -0.39 is 0 Å². The molecule has 0 aromatic heterocycles. The molecule has 0 bridgehead atoms. The van der Waals surface area contributed by atoms with E-state index >= 15 is 0 Å². The van der Waals surface area contributed by atoms with Gasteiger partial charge in [0.25, 0.3) is 0 Å². The lowest BCUT2D eigenvalue weighted by molar-refractivity contribution is 0.472. The van der Waals surface area contributed by atoms with Crippen LogP contribution in [0, 0.1) is 13.8 Å². The second kappa shape index (κ2) is 6.17. The predicted molar refractivity (Wildman–Crippen MR) is 87.7 cm³/mol. The summed E-state index contributed by atoms with van der Waals surface area (Å²) < 4.78 is 6.90. The number of rotatable bonds is 3. The first-order valence-corrected chi connectivity index (χ1v) is 7.55. The highest BCUT2D eigenvalue weighted by molar-refractivity contribution is 9.10. The van der Waals surface area contributed by atoms with Crippen LogP contribution in [0.1, 0.15) is 29.7 Å². The molecule has 2 nitrogen and oxygen atoms in total. The van der Waals surface area contributed by atoms with Crippen molar-refractivity contribution in [1.82, 2.24) is 0 Å². The van der Waals surface area contributed by atoms with Crippen molar-refractivity contribution in [2.75, 3.05) is 0 Å². The molecule has 0 saturated carbocycles. The first-order valence-electron chi connectivity index (χ1n) is 6.38. The van der Waals surface area contributed by atoms with Gasteiger partial charge in [-0.05, 0) is 77.7 Å². The smallest absolute Gasteiger partial charge is 0.141 e. The summed E-state index contributed by atoms with van der Waals surface area (Å²) in [6.07, 6.45) is 0. The van der Waals surface area contributed by atoms with Crippen LogP contribution < -0.4 is 10.5 Å². The van der Waals surface area contributed by atoms with Crippen LogP contribution in [0.5, 0.6) is 11.5 Å². The van der Waals surface area contributed by atoms with Crippen LogP contribution in [0.3, 0.4) is 0 Å². The van der Waals surface area contributed by atoms with E-state index in [0.717, 1.165) is 37.7 Å². The van der Waals surface area contributed by atoms with Crippen LogP contribution in [0.2, 0.25) is 5.02 Å². The van der Waals surface area contributed by atoms with Crippen molar-refractivity contribution in [1.29, 1.82) is 0 Å². The van der Waals surface area contributed by atoms with Gasteiger partial charge in [0, 0.05) is 11.1 Å². The van der Waals surface area contributed by atoms with Crippen LogP contribution in [0.15, 0.2) is 34.8 Å². The number of hydrogen-bond donors (Lipinski definition) is 1. The largest absolute Gasteiger partial charge is 0.456 e. The topological polar surface area (TPSA) is 35.2 Å². The van der Waals surface area contributed by atoms with Gasteiger partial charge in [0.1, 0.15) is 11.5 Å². The maximum Gasteiger partial charge on any atom is 0.141 e. The molecule has 2 N–H and O–H groups in total. The van der Waals surface area contributed by atoms with E-state index in [2.05, 4.69) is 15.9 Å². The third kappa shape index (κ3) is 3.35. The maximum absolute atomic E-state index is 6.03. The summed E-state index contributed by atoms with van der Waals surface area (Å²) >= 11 is 9.56. The van der Waals surface area contributed by atoms with Gasteiger partial charge in [-0.1, -0.05) is 17.7 Å². The van der Waals surface area contributed by atoms with Gasteiger partial charge in [0.2, 0.25) is 0 Å². The zero-order valence-corrected chi connectivity index (χ0v) is 14.0. The quantitative estimate of drug-likeness (QED) is 0.786. The van der Waals surface area contributed by atoms with Crippen LogP contribution in [0.4, 0.5) is 0 Å². The number of nitrogens with two attached hydrogens (primary N) is 1. The first-order chi connectivity index (χ1) is 9.38. The molecule has 2 aromatic rings. The Morgan fingerprint density at radius 3 is 2.25 bits per heavy atom. The summed E-state index contributed by atoms with van der Waals surface area (Å²) in [4.78, 5) is 0. The number of hydrogen-bond acceptors (Lipinski definition) is 2. The Kier molecular flexibility index (Phi) is 4.74. The number of halogens is 2. The Morgan fingerprint density at radius 2 is 1.75 bits per heavy atom. The zero-order chi connectivity index (χ0) is 14.9.